The Balaban J connectivity index is -0.000000103. The lowest BCUT2D eigenvalue weighted by atomic mass is 10.1. The van der Waals surface area contributed by atoms with E-state index in [2.05, 4.69) is 31.1 Å². The zero-order valence-corrected chi connectivity index (χ0v) is 13.5. The van der Waals surface area contributed by atoms with Crippen molar-refractivity contribution in [3.8, 4) is 11.5 Å². The van der Waals surface area contributed by atoms with Gasteiger partial charge >= 0.3 is 0 Å². The topological polar surface area (TPSA) is 49.7 Å². The first-order valence-electron chi connectivity index (χ1n) is 5.29. The van der Waals surface area contributed by atoms with E-state index in [-0.39, 0.29) is 6.61 Å². The minimum Gasteiger partial charge on any atom is -0.392 e. The molecule has 1 aliphatic heterocycles. The highest BCUT2D eigenvalue weighted by Crippen LogP contribution is 2.21. The van der Waals surface area contributed by atoms with Crippen LogP contribution in [-0.2, 0) is 4.74 Å². The van der Waals surface area contributed by atoms with E-state index in [0.717, 1.165) is 0 Å². The van der Waals surface area contributed by atoms with Gasteiger partial charge in [-0.05, 0) is 12.2 Å². The predicted molar refractivity (Wildman–Crippen MR) is 68.3 cm³/mol. The van der Waals surface area contributed by atoms with Crippen molar-refractivity contribution >= 4 is 8.07 Å². The van der Waals surface area contributed by atoms with Crippen LogP contribution in [-0.4, -0.2) is 36.8 Å². The third-order valence-electron chi connectivity index (χ3n) is 1.75. The largest absolute Gasteiger partial charge is 0.392 e. The van der Waals surface area contributed by atoms with Crippen molar-refractivity contribution in [3.63, 3.8) is 0 Å². The van der Waals surface area contributed by atoms with E-state index in [1.807, 2.05) is 0 Å². The lowest BCUT2D eigenvalue weighted by Crippen LogP contribution is -2.33. The summed E-state index contributed by atoms with van der Waals surface area (Å²) in [5.74, 6) is 2.91. The van der Waals surface area contributed by atoms with Crippen molar-refractivity contribution in [3.05, 3.63) is 12.2 Å². The standard InChI is InChI=1S/C10H16O3Si.5F2/c1-14(2,3)7-6-10(8-11)5-4-9(12)13-10;5*1-2/h4-5,9,11-12H,8H2,1-3H3;;;;;/t9-,10-;;;;;/m1...../s1. The fraction of sp³-hybridized carbons (Fsp3) is 0.600. The van der Waals surface area contributed by atoms with Gasteiger partial charge in [-0.15, -0.1) is 5.54 Å². The predicted octanol–water partition coefficient (Wildman–Crippen LogP) is 4.71. The minimum absolute atomic E-state index is 0.224. The summed E-state index contributed by atoms with van der Waals surface area (Å²) in [7, 11) is -1.48. The second kappa shape index (κ2) is 24.0. The van der Waals surface area contributed by atoms with Gasteiger partial charge in [0.1, 0.15) is 8.07 Å². The zero-order chi connectivity index (χ0) is 20.8. The molecule has 0 aromatic rings. The molecule has 0 aliphatic carbocycles. The number of hydrogen-bond acceptors (Lipinski definition) is 3. The van der Waals surface area contributed by atoms with Crippen LogP contribution in [0, 0.1) is 11.5 Å². The zero-order valence-electron chi connectivity index (χ0n) is 12.5. The molecule has 1 heterocycles. The van der Waals surface area contributed by atoms with Crippen LogP contribution >= 0.6 is 0 Å². The molecule has 0 saturated heterocycles. The van der Waals surface area contributed by atoms with Gasteiger partial charge in [-0.2, -0.15) is 0 Å². The van der Waals surface area contributed by atoms with Crippen molar-refractivity contribution in [2.45, 2.75) is 31.5 Å². The Labute approximate surface area is 131 Å². The van der Waals surface area contributed by atoms with E-state index in [1.54, 1.807) is 6.08 Å². The lowest BCUT2D eigenvalue weighted by Gasteiger charge is -2.19. The molecule has 3 nitrogen and oxygen atoms in total. The summed E-state index contributed by atoms with van der Waals surface area (Å²) in [6.07, 6.45) is 2.16. The van der Waals surface area contributed by atoms with Crippen LogP contribution in [0.15, 0.2) is 12.2 Å². The van der Waals surface area contributed by atoms with Gasteiger partial charge < -0.3 is 14.9 Å². The highest BCUT2D eigenvalue weighted by atomic mass is 28.3. The van der Waals surface area contributed by atoms with Crippen LogP contribution in [0.3, 0.4) is 0 Å². The molecule has 0 aromatic carbocycles. The van der Waals surface area contributed by atoms with Crippen LogP contribution in [0.2, 0.25) is 19.6 Å². The Hall–Kier alpha value is -1.30. The first-order chi connectivity index (χ1) is 11.4. The van der Waals surface area contributed by atoms with Crippen LogP contribution in [0.1, 0.15) is 0 Å². The Morgan fingerprint density at radius 1 is 0.958 bits per heavy atom. The molecule has 0 radical (unpaired) electrons. The number of hydrogen-bond donors (Lipinski definition) is 2. The fourth-order valence-electron chi connectivity index (χ4n) is 1.03. The first kappa shape index (κ1) is 34.1. The molecule has 148 valence electrons. The van der Waals surface area contributed by atoms with Crippen LogP contribution in [0.4, 0.5) is 45.7 Å². The molecule has 1 rings (SSSR count). The summed E-state index contributed by atoms with van der Waals surface area (Å²) in [6.45, 7) is 6.11. The second-order valence-electron chi connectivity index (χ2n) is 4.42. The number of aliphatic hydroxyl groups excluding tert-OH is 2. The Bertz CT molecular complexity index is 318. The highest BCUT2D eigenvalue weighted by molar-refractivity contribution is 6.83. The van der Waals surface area contributed by atoms with E-state index >= 15 is 0 Å². The minimum atomic E-state index is -1.48. The molecule has 0 spiro atoms. The molecule has 0 bridgehead atoms. The smallest absolute Gasteiger partial charge is 0.176 e. The maximum absolute atomic E-state index is 9.16. The molecule has 0 aromatic heterocycles. The molecule has 0 unspecified atom stereocenters. The van der Waals surface area contributed by atoms with Crippen LogP contribution in [0.25, 0.3) is 0 Å². The van der Waals surface area contributed by atoms with E-state index in [9.17, 15) is 0 Å². The van der Waals surface area contributed by atoms with Crippen molar-refractivity contribution < 1.29 is 60.7 Å². The summed E-state index contributed by atoms with van der Waals surface area (Å²) in [5.41, 5.74) is 2.13. The fourth-order valence-corrected chi connectivity index (χ4v) is 1.61. The number of rotatable bonds is 1. The number of aliphatic hydroxyl groups is 2. The van der Waals surface area contributed by atoms with Gasteiger partial charge in [-0.1, -0.05) is 25.6 Å². The average Bonchev–Trinajstić information content (AvgIpc) is 3.03. The van der Waals surface area contributed by atoms with Crippen molar-refractivity contribution in [2.75, 3.05) is 6.61 Å². The van der Waals surface area contributed by atoms with Gasteiger partial charge in [-0.25, -0.2) is 0 Å². The van der Waals surface area contributed by atoms with Gasteiger partial charge in [0.2, 0.25) is 0 Å². The van der Waals surface area contributed by atoms with Gasteiger partial charge in [0.25, 0.3) is 0 Å². The van der Waals surface area contributed by atoms with E-state index in [0.29, 0.717) is 0 Å². The SMILES string of the molecule is C[Si](C)(C)C#C[C@@]1(CO)C=C[C@H](O)O1.FF.FF.FF.FF.FF. The Morgan fingerprint density at radius 3 is 1.54 bits per heavy atom. The van der Waals surface area contributed by atoms with E-state index < -0.39 is 20.0 Å². The summed E-state index contributed by atoms with van der Waals surface area (Å²) in [6, 6.07) is 0. The third-order valence-corrected chi connectivity index (χ3v) is 2.62. The quantitative estimate of drug-likeness (QED) is 0.289. The third kappa shape index (κ3) is 20.7. The summed E-state index contributed by atoms with van der Waals surface area (Å²) >= 11 is 0. The normalized spacial score (nSPS) is 19.5. The van der Waals surface area contributed by atoms with Crippen molar-refractivity contribution in [1.29, 1.82) is 0 Å². The van der Waals surface area contributed by atoms with Crippen molar-refractivity contribution in [1.82, 2.24) is 0 Å². The Morgan fingerprint density at radius 2 is 1.33 bits per heavy atom. The molecule has 2 N–H and O–H groups in total. The highest BCUT2D eigenvalue weighted by Gasteiger charge is 2.32. The van der Waals surface area contributed by atoms with E-state index in [4.69, 9.17) is 60.7 Å². The monoisotopic (exact) mass is 402 g/mol. The summed E-state index contributed by atoms with van der Waals surface area (Å²) in [5, 5.41) is 18.3. The van der Waals surface area contributed by atoms with Crippen LogP contribution < -0.4 is 0 Å². The van der Waals surface area contributed by atoms with Crippen LogP contribution in [0.5, 0.6) is 0 Å². The van der Waals surface area contributed by atoms with E-state index in [1.165, 1.54) is 6.08 Å². The molecule has 0 saturated carbocycles. The molecule has 14 heteroatoms. The molecule has 0 fully saturated rings. The number of ether oxygens (including phenoxy) is 1. The Kier molecular flexibility index (Phi) is 34.1. The van der Waals surface area contributed by atoms with Gasteiger partial charge in [0.05, 0.1) is 6.61 Å². The van der Waals surface area contributed by atoms with Gasteiger partial charge in [0.15, 0.2) is 11.9 Å². The average molecular weight is 402 g/mol. The van der Waals surface area contributed by atoms with Gasteiger partial charge in [0, 0.05) is 45.7 Å². The molecule has 24 heavy (non-hydrogen) atoms. The summed E-state index contributed by atoms with van der Waals surface area (Å²) in [4.78, 5) is 0. The lowest BCUT2D eigenvalue weighted by molar-refractivity contribution is -0.114. The van der Waals surface area contributed by atoms with Gasteiger partial charge in [-0.3, -0.25) is 0 Å². The maximum Gasteiger partial charge on any atom is 0.176 e. The maximum atomic E-state index is 9.16. The number of halogens is 10. The second-order valence-corrected chi connectivity index (χ2v) is 9.17. The molecule has 0 amide bonds. The molecule has 1 aliphatic rings. The molecule has 2 atom stereocenters. The van der Waals surface area contributed by atoms with Crippen molar-refractivity contribution in [2.24, 2.45) is 0 Å². The molecular weight excluding hydrogens is 386 g/mol. The molecular formula is C10H16F10O3Si. The first-order valence-corrected chi connectivity index (χ1v) is 8.79. The summed E-state index contributed by atoms with van der Waals surface area (Å²) < 4.78 is 85.1.